The van der Waals surface area contributed by atoms with Gasteiger partial charge in [-0.05, 0) is 19.3 Å². The fraction of sp³-hybridized carbons (Fsp3) is 0.875. The van der Waals surface area contributed by atoms with Crippen molar-refractivity contribution < 1.29 is 4.79 Å². The molecule has 2 N–H and O–H groups in total. The van der Waals surface area contributed by atoms with E-state index in [4.69, 9.17) is 0 Å². The average molecular weight is 454 g/mol. The second kappa shape index (κ2) is 10.6. The van der Waals surface area contributed by atoms with Crippen molar-refractivity contribution >= 4 is 47.6 Å². The first-order valence-electron chi connectivity index (χ1n) is 8.55. The van der Waals surface area contributed by atoms with Gasteiger partial charge in [0.05, 0.1) is 6.54 Å². The summed E-state index contributed by atoms with van der Waals surface area (Å²) in [5, 5.41) is 6.12. The molecule has 23 heavy (non-hydrogen) atoms. The summed E-state index contributed by atoms with van der Waals surface area (Å²) >= 11 is 2.15. The van der Waals surface area contributed by atoms with Crippen molar-refractivity contribution in [2.75, 3.05) is 39.0 Å². The lowest BCUT2D eigenvalue weighted by molar-refractivity contribution is -0.120. The van der Waals surface area contributed by atoms with Gasteiger partial charge in [-0.15, -0.1) is 24.0 Å². The summed E-state index contributed by atoms with van der Waals surface area (Å²) in [4.78, 5) is 18.5. The van der Waals surface area contributed by atoms with Crippen molar-refractivity contribution in [3.8, 4) is 0 Å². The van der Waals surface area contributed by atoms with E-state index in [9.17, 15) is 4.79 Å². The van der Waals surface area contributed by atoms with Crippen molar-refractivity contribution in [3.05, 3.63) is 0 Å². The van der Waals surface area contributed by atoms with Crippen LogP contribution in [0.5, 0.6) is 0 Å². The molecule has 134 valence electrons. The molecule has 2 aliphatic rings. The number of nitrogens with one attached hydrogen (secondary N) is 2. The standard InChI is InChI=1S/C16H30N4OS.HI/c1-3-9-18-14(21)12-19-15(17-2)20-10-11-22-16(13-20)7-5-4-6-8-16;/h3-13H2,1-2H3,(H,17,19)(H,18,21);1H. The first-order chi connectivity index (χ1) is 10.7. The highest BCUT2D eigenvalue weighted by atomic mass is 127. The Morgan fingerprint density at radius 1 is 1.26 bits per heavy atom. The SMILES string of the molecule is CCCNC(=O)CNC(=NC)N1CCSC2(CCCCC2)C1.I. The molecule has 0 bridgehead atoms. The molecule has 0 aromatic carbocycles. The van der Waals surface area contributed by atoms with Crippen LogP contribution in [0.3, 0.4) is 0 Å². The summed E-state index contributed by atoms with van der Waals surface area (Å²) in [7, 11) is 1.81. The highest BCUT2D eigenvalue weighted by Gasteiger charge is 2.38. The Hall–Kier alpha value is -0.180. The summed E-state index contributed by atoms with van der Waals surface area (Å²) in [6, 6.07) is 0. The summed E-state index contributed by atoms with van der Waals surface area (Å²) in [6.07, 6.45) is 7.70. The van der Waals surface area contributed by atoms with Crippen LogP contribution >= 0.6 is 35.7 Å². The molecular formula is C16H31IN4OS. The molecule has 1 spiro atoms. The third kappa shape index (κ3) is 6.32. The van der Waals surface area contributed by atoms with Crippen molar-refractivity contribution in [1.82, 2.24) is 15.5 Å². The fourth-order valence-electron chi connectivity index (χ4n) is 3.34. The molecule has 2 fully saturated rings. The Morgan fingerprint density at radius 3 is 2.65 bits per heavy atom. The molecule has 0 aromatic heterocycles. The maximum atomic E-state index is 11.7. The number of nitrogens with zero attached hydrogens (tertiary/aromatic N) is 2. The zero-order valence-electron chi connectivity index (χ0n) is 14.4. The minimum absolute atomic E-state index is 0. The molecule has 0 unspecified atom stereocenters. The number of aliphatic imine (C=N–C) groups is 1. The van der Waals surface area contributed by atoms with E-state index in [1.807, 2.05) is 7.05 Å². The number of guanidine groups is 1. The number of thioether (sulfide) groups is 1. The highest BCUT2D eigenvalue weighted by molar-refractivity contribution is 14.0. The number of amides is 1. The second-order valence-electron chi connectivity index (χ2n) is 6.26. The van der Waals surface area contributed by atoms with E-state index in [1.54, 1.807) is 0 Å². The molecule has 0 aromatic rings. The van der Waals surface area contributed by atoms with Crippen LogP contribution in [-0.4, -0.2) is 60.5 Å². The number of hydrogen-bond acceptors (Lipinski definition) is 3. The van der Waals surface area contributed by atoms with Crippen molar-refractivity contribution in [2.24, 2.45) is 4.99 Å². The minimum Gasteiger partial charge on any atom is -0.355 e. The van der Waals surface area contributed by atoms with Crippen LogP contribution in [0.25, 0.3) is 0 Å². The summed E-state index contributed by atoms with van der Waals surface area (Å²) in [5.74, 6) is 2.07. The first kappa shape index (κ1) is 20.9. The third-order valence-electron chi connectivity index (χ3n) is 4.50. The van der Waals surface area contributed by atoms with E-state index in [0.29, 0.717) is 11.3 Å². The topological polar surface area (TPSA) is 56.7 Å². The number of halogens is 1. The van der Waals surface area contributed by atoms with Crippen molar-refractivity contribution in [3.63, 3.8) is 0 Å². The largest absolute Gasteiger partial charge is 0.355 e. The molecule has 2 rings (SSSR count). The van der Waals surface area contributed by atoms with Crippen LogP contribution in [0.15, 0.2) is 4.99 Å². The van der Waals surface area contributed by atoms with E-state index in [2.05, 4.69) is 39.2 Å². The lowest BCUT2D eigenvalue weighted by Gasteiger charge is -2.45. The monoisotopic (exact) mass is 454 g/mol. The Kier molecular flexibility index (Phi) is 9.65. The van der Waals surface area contributed by atoms with Gasteiger partial charge in [0.1, 0.15) is 0 Å². The Bertz CT molecular complexity index is 394. The molecule has 5 nitrogen and oxygen atoms in total. The predicted octanol–water partition coefficient (Wildman–Crippen LogP) is 2.46. The molecule has 1 saturated heterocycles. The van der Waals surface area contributed by atoms with Gasteiger partial charge in [0.15, 0.2) is 5.96 Å². The van der Waals surface area contributed by atoms with Crippen LogP contribution in [0, 0.1) is 0 Å². The average Bonchev–Trinajstić information content (AvgIpc) is 2.54. The second-order valence-corrected chi connectivity index (χ2v) is 7.83. The summed E-state index contributed by atoms with van der Waals surface area (Å²) in [6.45, 7) is 5.18. The highest BCUT2D eigenvalue weighted by Crippen LogP contribution is 2.42. The molecule has 1 heterocycles. The molecule has 7 heteroatoms. The number of carbonyl (C=O) groups is 1. The zero-order valence-corrected chi connectivity index (χ0v) is 17.5. The van der Waals surface area contributed by atoms with Crippen LogP contribution < -0.4 is 10.6 Å². The Morgan fingerprint density at radius 2 is 2.00 bits per heavy atom. The van der Waals surface area contributed by atoms with E-state index in [-0.39, 0.29) is 29.9 Å². The van der Waals surface area contributed by atoms with Gasteiger partial charge in [0.25, 0.3) is 0 Å². The molecule has 1 saturated carbocycles. The maximum absolute atomic E-state index is 11.7. The number of carbonyl (C=O) groups excluding carboxylic acids is 1. The molecule has 0 radical (unpaired) electrons. The normalized spacial score (nSPS) is 20.8. The summed E-state index contributed by atoms with van der Waals surface area (Å²) < 4.78 is 0.415. The smallest absolute Gasteiger partial charge is 0.239 e. The van der Waals surface area contributed by atoms with Gasteiger partial charge in [0.2, 0.25) is 5.91 Å². The summed E-state index contributed by atoms with van der Waals surface area (Å²) in [5.41, 5.74) is 0. The van der Waals surface area contributed by atoms with Gasteiger partial charge in [-0.25, -0.2) is 0 Å². The van der Waals surface area contributed by atoms with Crippen LogP contribution in [0.4, 0.5) is 0 Å². The number of rotatable bonds is 4. The van der Waals surface area contributed by atoms with Gasteiger partial charge in [-0.1, -0.05) is 26.2 Å². The lowest BCUT2D eigenvalue weighted by Crippen LogP contribution is -2.54. The molecule has 1 aliphatic heterocycles. The quantitative estimate of drug-likeness (QED) is 0.389. The van der Waals surface area contributed by atoms with Gasteiger partial charge in [-0.2, -0.15) is 11.8 Å². The maximum Gasteiger partial charge on any atom is 0.239 e. The van der Waals surface area contributed by atoms with Gasteiger partial charge >= 0.3 is 0 Å². The van der Waals surface area contributed by atoms with E-state index >= 15 is 0 Å². The van der Waals surface area contributed by atoms with Crippen molar-refractivity contribution in [1.29, 1.82) is 0 Å². The van der Waals surface area contributed by atoms with Crippen LogP contribution in [-0.2, 0) is 4.79 Å². The Balaban J connectivity index is 0.00000264. The fourth-order valence-corrected chi connectivity index (χ4v) is 4.91. The van der Waals surface area contributed by atoms with Crippen LogP contribution in [0.1, 0.15) is 45.4 Å². The first-order valence-corrected chi connectivity index (χ1v) is 9.54. The number of hydrogen-bond donors (Lipinski definition) is 2. The lowest BCUT2D eigenvalue weighted by atomic mass is 9.87. The van der Waals surface area contributed by atoms with E-state index in [1.165, 1.54) is 32.1 Å². The van der Waals surface area contributed by atoms with Gasteiger partial charge < -0.3 is 15.5 Å². The molecule has 0 atom stereocenters. The van der Waals surface area contributed by atoms with Crippen molar-refractivity contribution in [2.45, 2.75) is 50.2 Å². The predicted molar refractivity (Wildman–Crippen MR) is 110 cm³/mol. The van der Waals surface area contributed by atoms with E-state index in [0.717, 1.165) is 37.8 Å². The minimum atomic E-state index is 0. The van der Waals surface area contributed by atoms with Crippen LogP contribution in [0.2, 0.25) is 0 Å². The van der Waals surface area contributed by atoms with Gasteiger partial charge in [0, 0.05) is 37.2 Å². The third-order valence-corrected chi connectivity index (χ3v) is 6.04. The van der Waals surface area contributed by atoms with E-state index < -0.39 is 0 Å². The Labute approximate surface area is 161 Å². The zero-order chi connectivity index (χ0) is 15.8. The molecular weight excluding hydrogens is 423 g/mol. The molecule has 1 amide bonds. The van der Waals surface area contributed by atoms with Gasteiger partial charge in [-0.3, -0.25) is 9.79 Å². The molecule has 1 aliphatic carbocycles.